The van der Waals surface area contributed by atoms with Crippen LogP contribution in [0, 0.1) is 0 Å². The molecular weight excluding hydrogens is 717 g/mol. The van der Waals surface area contributed by atoms with Crippen molar-refractivity contribution < 1.29 is 50.5 Å². The van der Waals surface area contributed by atoms with Gasteiger partial charge < -0.3 is 31.5 Å². The van der Waals surface area contributed by atoms with Gasteiger partial charge in [0.1, 0.15) is 11.5 Å². The average molecular weight is 743 g/mol. The summed E-state index contributed by atoms with van der Waals surface area (Å²) in [5.74, 6) is -2.02. The van der Waals surface area contributed by atoms with Gasteiger partial charge >= 0.3 is 6.03 Å². The van der Waals surface area contributed by atoms with Crippen molar-refractivity contribution in [1.29, 1.82) is 0 Å². The van der Waals surface area contributed by atoms with Crippen molar-refractivity contribution in [2.24, 2.45) is 0 Å². The predicted octanol–water partition coefficient (Wildman–Crippen LogP) is 6.05. The first-order valence-corrected chi connectivity index (χ1v) is 17.8. The van der Waals surface area contributed by atoms with Crippen LogP contribution in [-0.2, 0) is 20.2 Å². The maximum atomic E-state index is 12.9. The number of anilines is 4. The molecule has 0 fully saturated rings. The van der Waals surface area contributed by atoms with Crippen LogP contribution in [0.2, 0.25) is 0 Å². The maximum Gasteiger partial charge on any atom is 0.323 e. The van der Waals surface area contributed by atoms with Crippen molar-refractivity contribution in [3.63, 3.8) is 0 Å². The van der Waals surface area contributed by atoms with Gasteiger partial charge in [0.25, 0.3) is 32.1 Å². The number of carbonyl (C=O) groups excluding carboxylic acids is 3. The molecule has 0 aromatic heterocycles. The van der Waals surface area contributed by atoms with Gasteiger partial charge in [-0.15, -0.1) is 0 Å². The van der Waals surface area contributed by atoms with E-state index in [1.807, 2.05) is 0 Å². The average Bonchev–Trinajstić information content (AvgIpc) is 3.10. The van der Waals surface area contributed by atoms with E-state index in [1.165, 1.54) is 84.9 Å². The Hall–Kier alpha value is -6.53. The number of hydrogen-bond donors (Lipinski definition) is 8. The second kappa shape index (κ2) is 13.6. The van der Waals surface area contributed by atoms with Crippen LogP contribution in [0.3, 0.4) is 0 Å². The second-order valence-electron chi connectivity index (χ2n) is 11.3. The zero-order chi connectivity index (χ0) is 37.4. The van der Waals surface area contributed by atoms with E-state index in [1.54, 1.807) is 12.1 Å². The van der Waals surface area contributed by atoms with Crippen molar-refractivity contribution in [2.75, 3.05) is 21.3 Å². The Morgan fingerprint density at radius 2 is 0.808 bits per heavy atom. The fraction of sp³-hybridized carbons (Fsp3) is 0. The SMILES string of the molecule is O=C(Nc1ccc(C(=O)Nc2ccc3ccc(S(=O)(=O)O)cc3c2O)cc1)Nc1ccc(C(=O)Nc2ccc3ccc(S(=O)(=O)O)cc3c2O)cc1. The quantitative estimate of drug-likeness (QED) is 0.0659. The molecule has 0 atom stereocenters. The van der Waals surface area contributed by atoms with E-state index in [9.17, 15) is 50.5 Å². The number of nitrogens with one attached hydrogen (secondary N) is 4. The summed E-state index contributed by atoms with van der Waals surface area (Å²) in [6.45, 7) is 0. The Morgan fingerprint density at radius 3 is 1.15 bits per heavy atom. The molecule has 0 spiro atoms. The molecule has 0 aliphatic carbocycles. The van der Waals surface area contributed by atoms with Crippen molar-refractivity contribution in [1.82, 2.24) is 0 Å². The fourth-order valence-electron chi connectivity index (χ4n) is 5.18. The molecule has 6 aromatic carbocycles. The van der Waals surface area contributed by atoms with E-state index in [4.69, 9.17) is 0 Å². The van der Waals surface area contributed by atoms with E-state index in [0.29, 0.717) is 22.1 Å². The third-order valence-corrected chi connectivity index (χ3v) is 9.53. The molecule has 0 aliphatic rings. The van der Waals surface area contributed by atoms with Gasteiger partial charge in [-0.3, -0.25) is 18.7 Å². The molecule has 0 radical (unpaired) electrons. The van der Waals surface area contributed by atoms with Crippen LogP contribution in [0.4, 0.5) is 27.5 Å². The molecule has 6 aromatic rings. The molecule has 4 amide bonds. The van der Waals surface area contributed by atoms with Crippen LogP contribution < -0.4 is 21.3 Å². The Labute approximate surface area is 295 Å². The number of fused-ring (bicyclic) bond motifs is 2. The van der Waals surface area contributed by atoms with Crippen LogP contribution in [-0.4, -0.2) is 54.0 Å². The molecule has 0 bridgehead atoms. The van der Waals surface area contributed by atoms with E-state index < -0.39 is 59.4 Å². The summed E-state index contributed by atoms with van der Waals surface area (Å²) in [4.78, 5) is 37.5. The number of phenols is 2. The van der Waals surface area contributed by atoms with Gasteiger partial charge in [0.2, 0.25) is 0 Å². The fourth-order valence-corrected chi connectivity index (χ4v) is 6.19. The van der Waals surface area contributed by atoms with Crippen molar-refractivity contribution in [2.45, 2.75) is 9.79 Å². The maximum absolute atomic E-state index is 12.9. The minimum atomic E-state index is -4.52. The van der Waals surface area contributed by atoms with E-state index >= 15 is 0 Å². The van der Waals surface area contributed by atoms with E-state index in [2.05, 4.69) is 21.3 Å². The summed E-state index contributed by atoms with van der Waals surface area (Å²) in [6, 6.07) is 24.2. The molecule has 52 heavy (non-hydrogen) atoms. The first-order chi connectivity index (χ1) is 24.6. The standard InChI is InChI=1S/C35H26N4O11S2/c40-31-27-17-25(51(45,46)47)13-5-19(27)7-15-29(31)38-33(42)21-1-9-23(10-2-21)36-35(44)37-24-11-3-22(4-12-24)34(43)39-30-16-8-20-6-14-26(52(48,49)50)18-28(20)32(30)41/h1-18,40-41H,(H,38,42)(H,39,43)(H2,36,37,44)(H,45,46,47)(H,48,49,50). The second-order valence-corrected chi connectivity index (χ2v) is 14.1. The molecular formula is C35H26N4O11S2. The first kappa shape index (κ1) is 35.3. The van der Waals surface area contributed by atoms with Gasteiger partial charge in [-0.1, -0.05) is 24.3 Å². The van der Waals surface area contributed by atoms with Crippen LogP contribution in [0.1, 0.15) is 20.7 Å². The molecule has 0 saturated heterocycles. The van der Waals surface area contributed by atoms with Gasteiger partial charge in [0.15, 0.2) is 0 Å². The number of phenolic OH excluding ortho intramolecular Hbond substituents is 2. The number of rotatable bonds is 8. The van der Waals surface area contributed by atoms with Crippen LogP contribution in [0.5, 0.6) is 11.5 Å². The smallest absolute Gasteiger partial charge is 0.323 e. The van der Waals surface area contributed by atoms with Crippen molar-refractivity contribution in [3.8, 4) is 11.5 Å². The number of urea groups is 1. The Balaban J connectivity index is 1.05. The highest BCUT2D eigenvalue weighted by Crippen LogP contribution is 2.36. The number of benzene rings is 6. The minimum absolute atomic E-state index is 0.00114. The highest BCUT2D eigenvalue weighted by Gasteiger charge is 2.17. The summed E-state index contributed by atoms with van der Waals surface area (Å²) < 4.78 is 64.7. The highest BCUT2D eigenvalue weighted by atomic mass is 32.2. The molecule has 0 heterocycles. The largest absolute Gasteiger partial charge is 0.505 e. The highest BCUT2D eigenvalue weighted by molar-refractivity contribution is 7.86. The Morgan fingerprint density at radius 1 is 0.462 bits per heavy atom. The third kappa shape index (κ3) is 7.62. The lowest BCUT2D eigenvalue weighted by Gasteiger charge is -2.12. The number of amides is 4. The summed E-state index contributed by atoms with van der Waals surface area (Å²) in [5, 5.41) is 32.8. The van der Waals surface area contributed by atoms with Gasteiger partial charge in [0.05, 0.1) is 21.2 Å². The van der Waals surface area contributed by atoms with Crippen LogP contribution in [0.25, 0.3) is 21.5 Å². The van der Waals surface area contributed by atoms with E-state index in [-0.39, 0.29) is 33.3 Å². The molecule has 8 N–H and O–H groups in total. The zero-order valence-electron chi connectivity index (χ0n) is 26.4. The van der Waals surface area contributed by atoms with E-state index in [0.717, 1.165) is 12.1 Å². The van der Waals surface area contributed by atoms with Crippen molar-refractivity contribution >= 4 is 82.4 Å². The van der Waals surface area contributed by atoms with Gasteiger partial charge in [-0.05, 0) is 95.7 Å². The Bertz CT molecular complexity index is 2460. The molecule has 15 nitrogen and oxygen atoms in total. The Kier molecular flexibility index (Phi) is 9.26. The lowest BCUT2D eigenvalue weighted by molar-refractivity contribution is 0.101. The molecule has 264 valence electrons. The van der Waals surface area contributed by atoms with Crippen LogP contribution >= 0.6 is 0 Å². The third-order valence-electron chi connectivity index (χ3n) is 7.83. The predicted molar refractivity (Wildman–Crippen MR) is 192 cm³/mol. The number of hydrogen-bond acceptors (Lipinski definition) is 9. The molecule has 0 saturated carbocycles. The summed E-state index contributed by atoms with van der Waals surface area (Å²) in [6.07, 6.45) is 0. The monoisotopic (exact) mass is 742 g/mol. The normalized spacial score (nSPS) is 11.6. The van der Waals surface area contributed by atoms with Crippen molar-refractivity contribution in [3.05, 3.63) is 120 Å². The molecule has 0 aliphatic heterocycles. The number of aromatic hydroxyl groups is 2. The molecule has 6 rings (SSSR count). The van der Waals surface area contributed by atoms with Crippen LogP contribution in [0.15, 0.2) is 119 Å². The summed E-state index contributed by atoms with van der Waals surface area (Å²) in [7, 11) is -9.04. The topological polar surface area (TPSA) is 249 Å². The molecule has 0 unspecified atom stereocenters. The summed E-state index contributed by atoms with van der Waals surface area (Å²) in [5.41, 5.74) is 1.000. The first-order valence-electron chi connectivity index (χ1n) is 14.9. The zero-order valence-corrected chi connectivity index (χ0v) is 28.0. The lowest BCUT2D eigenvalue weighted by Crippen LogP contribution is -2.20. The lowest BCUT2D eigenvalue weighted by atomic mass is 10.1. The minimum Gasteiger partial charge on any atom is -0.505 e. The van der Waals surface area contributed by atoms with Gasteiger partial charge in [0, 0.05) is 33.3 Å². The number of carbonyl (C=O) groups is 3. The van der Waals surface area contributed by atoms with Gasteiger partial charge in [-0.25, -0.2) is 4.79 Å². The summed E-state index contributed by atoms with van der Waals surface area (Å²) >= 11 is 0. The molecule has 17 heteroatoms. The van der Waals surface area contributed by atoms with Gasteiger partial charge in [-0.2, -0.15) is 16.8 Å².